The number of hydrogen-bond donors (Lipinski definition) is 2. The molecule has 9 nitrogen and oxygen atoms in total. The van der Waals surface area contributed by atoms with E-state index in [-0.39, 0.29) is 23.2 Å². The number of pyridine rings is 1. The third-order valence-corrected chi connectivity index (χ3v) is 6.53. The van der Waals surface area contributed by atoms with E-state index in [9.17, 15) is 0 Å². The third-order valence-electron chi connectivity index (χ3n) is 6.53. The van der Waals surface area contributed by atoms with Crippen LogP contribution in [0.5, 0.6) is 0 Å². The molecule has 5 rings (SSSR count). The molecule has 0 unspecified atom stereocenters. The summed E-state index contributed by atoms with van der Waals surface area (Å²) in [6.45, 7) is 13.0. The van der Waals surface area contributed by atoms with E-state index in [2.05, 4.69) is 60.9 Å². The highest BCUT2D eigenvalue weighted by Crippen LogP contribution is 2.46. The van der Waals surface area contributed by atoms with Crippen molar-refractivity contribution >= 4 is 22.7 Å². The highest BCUT2D eigenvalue weighted by Gasteiger charge is 2.41. The van der Waals surface area contributed by atoms with Crippen molar-refractivity contribution < 1.29 is 9.47 Å². The van der Waals surface area contributed by atoms with Crippen LogP contribution in [0.3, 0.4) is 0 Å². The Bertz CT molecular complexity index is 1100. The molecule has 0 saturated carbocycles. The van der Waals surface area contributed by atoms with E-state index in [1.165, 1.54) is 5.56 Å². The normalized spacial score (nSPS) is 23.7. The number of fused-ring (bicyclic) bond motifs is 1. The molecule has 2 aliphatic rings. The Labute approximate surface area is 188 Å². The van der Waals surface area contributed by atoms with Crippen LogP contribution in [0.15, 0.2) is 18.3 Å². The maximum Gasteiger partial charge on any atom is 0.169 e. The van der Waals surface area contributed by atoms with Gasteiger partial charge in [-0.1, -0.05) is 0 Å². The summed E-state index contributed by atoms with van der Waals surface area (Å²) in [7, 11) is 0. The lowest BCUT2D eigenvalue weighted by molar-refractivity contribution is -0.161. The molecule has 0 bridgehead atoms. The molecule has 5 heterocycles. The maximum atomic E-state index is 6.51. The van der Waals surface area contributed by atoms with Crippen LogP contribution < -0.4 is 10.6 Å². The number of H-pyrrole nitrogens is 1. The van der Waals surface area contributed by atoms with E-state index >= 15 is 0 Å². The Morgan fingerprint density at radius 1 is 1.19 bits per heavy atom. The van der Waals surface area contributed by atoms with Crippen molar-refractivity contribution in [3.8, 4) is 5.82 Å². The summed E-state index contributed by atoms with van der Waals surface area (Å²) < 4.78 is 13.8. The van der Waals surface area contributed by atoms with Crippen molar-refractivity contribution in [2.75, 3.05) is 30.4 Å². The van der Waals surface area contributed by atoms with Gasteiger partial charge in [0.2, 0.25) is 0 Å². The molecule has 3 N–H and O–H groups in total. The number of ether oxygens (including phenoxy) is 2. The third kappa shape index (κ3) is 3.73. The predicted molar refractivity (Wildman–Crippen MR) is 124 cm³/mol. The molecular formula is C23H33N7O2. The van der Waals surface area contributed by atoms with Crippen molar-refractivity contribution in [3.63, 3.8) is 0 Å². The van der Waals surface area contributed by atoms with Gasteiger partial charge in [-0.05, 0) is 65.0 Å². The predicted octanol–water partition coefficient (Wildman–Crippen LogP) is 3.40. The Hall–Kier alpha value is -2.65. The van der Waals surface area contributed by atoms with E-state index in [1.807, 2.05) is 6.07 Å². The fraction of sp³-hybridized carbons (Fsp3) is 0.609. The zero-order chi connectivity index (χ0) is 22.7. The molecule has 2 aliphatic heterocycles. The first-order chi connectivity index (χ1) is 15.1. The van der Waals surface area contributed by atoms with Gasteiger partial charge in [0.25, 0.3) is 0 Å². The fourth-order valence-electron chi connectivity index (χ4n) is 5.54. The van der Waals surface area contributed by atoms with E-state index < -0.39 is 0 Å². The number of nitrogens with two attached hydrogens (primary N) is 1. The number of rotatable bonds is 3. The summed E-state index contributed by atoms with van der Waals surface area (Å²) in [5, 5.41) is 12.7. The molecular weight excluding hydrogens is 406 g/mol. The van der Waals surface area contributed by atoms with Gasteiger partial charge in [0.1, 0.15) is 5.82 Å². The molecule has 9 heteroatoms. The van der Waals surface area contributed by atoms with Crippen molar-refractivity contribution in [2.24, 2.45) is 0 Å². The minimum atomic E-state index is -0.234. The van der Waals surface area contributed by atoms with Crippen molar-refractivity contribution in [3.05, 3.63) is 23.9 Å². The largest absolute Gasteiger partial charge is 0.382 e. The fourth-order valence-corrected chi connectivity index (χ4v) is 5.54. The second-order valence-corrected chi connectivity index (χ2v) is 10.4. The molecule has 0 aliphatic carbocycles. The van der Waals surface area contributed by atoms with Crippen molar-refractivity contribution in [1.29, 1.82) is 0 Å². The molecule has 0 spiro atoms. The molecule has 3 aromatic heterocycles. The highest BCUT2D eigenvalue weighted by atomic mass is 16.5. The number of anilines is 2. The van der Waals surface area contributed by atoms with E-state index in [0.717, 1.165) is 42.1 Å². The Morgan fingerprint density at radius 3 is 2.59 bits per heavy atom. The van der Waals surface area contributed by atoms with Gasteiger partial charge >= 0.3 is 0 Å². The standard InChI is InChI=1S/C23H33N7O2/c1-14-13-31-9-8-29(14)18-10-16(15-11-22(2,3)32-23(4,5)12-15)19-20(24)28-30(21(19)26-18)17-6-7-25-27-17/h6-7,10,14-15H,8-9,11-13H2,1-5H3,(H2,24,28)(H,25,27)/t14-/m1/s1. The van der Waals surface area contributed by atoms with Gasteiger partial charge in [-0.15, -0.1) is 5.10 Å². The van der Waals surface area contributed by atoms with E-state index in [0.29, 0.717) is 19.0 Å². The van der Waals surface area contributed by atoms with Crippen LogP contribution in [0.4, 0.5) is 11.6 Å². The average Bonchev–Trinajstić information content (AvgIpc) is 3.33. The topological polar surface area (TPSA) is 107 Å². The minimum absolute atomic E-state index is 0.234. The molecule has 32 heavy (non-hydrogen) atoms. The first-order valence-corrected chi connectivity index (χ1v) is 11.4. The average molecular weight is 440 g/mol. The first kappa shape index (κ1) is 21.2. The minimum Gasteiger partial charge on any atom is -0.382 e. The Morgan fingerprint density at radius 2 is 1.94 bits per heavy atom. The zero-order valence-corrected chi connectivity index (χ0v) is 19.6. The van der Waals surface area contributed by atoms with E-state index in [1.54, 1.807) is 10.9 Å². The number of nitrogens with zero attached hydrogens (tertiary/aromatic N) is 5. The molecule has 3 aromatic rings. The smallest absolute Gasteiger partial charge is 0.169 e. The molecule has 172 valence electrons. The number of hydrogen-bond acceptors (Lipinski definition) is 7. The molecule has 2 fully saturated rings. The van der Waals surface area contributed by atoms with Crippen LogP contribution in [-0.4, -0.2) is 62.0 Å². The molecule has 0 aromatic carbocycles. The van der Waals surface area contributed by atoms with Gasteiger partial charge in [-0.25, -0.2) is 4.98 Å². The lowest BCUT2D eigenvalue weighted by atomic mass is 9.76. The second-order valence-electron chi connectivity index (χ2n) is 10.4. The van der Waals surface area contributed by atoms with Crippen LogP contribution >= 0.6 is 0 Å². The second kappa shape index (κ2) is 7.45. The van der Waals surface area contributed by atoms with E-state index in [4.69, 9.17) is 20.2 Å². The summed E-state index contributed by atoms with van der Waals surface area (Å²) in [5.41, 5.74) is 7.98. The van der Waals surface area contributed by atoms with Gasteiger partial charge in [-0.3, -0.25) is 5.10 Å². The quantitative estimate of drug-likeness (QED) is 0.644. The van der Waals surface area contributed by atoms with Crippen LogP contribution in [-0.2, 0) is 9.47 Å². The number of nitrogens with one attached hydrogen (secondary N) is 1. The Kier molecular flexibility index (Phi) is 4.94. The van der Waals surface area contributed by atoms with Crippen molar-refractivity contribution in [1.82, 2.24) is 25.0 Å². The number of aromatic nitrogens is 5. The van der Waals surface area contributed by atoms with Crippen LogP contribution in [0, 0.1) is 0 Å². The molecule has 0 radical (unpaired) electrons. The summed E-state index contributed by atoms with van der Waals surface area (Å²) in [4.78, 5) is 7.39. The summed E-state index contributed by atoms with van der Waals surface area (Å²) in [6.07, 6.45) is 3.52. The number of nitrogen functional groups attached to an aromatic ring is 1. The van der Waals surface area contributed by atoms with Gasteiger partial charge in [-0.2, -0.15) is 9.78 Å². The highest BCUT2D eigenvalue weighted by molar-refractivity contribution is 5.92. The van der Waals surface area contributed by atoms with Crippen LogP contribution in [0.25, 0.3) is 16.9 Å². The van der Waals surface area contributed by atoms with Crippen LogP contribution in [0.1, 0.15) is 58.9 Å². The number of morpholine rings is 1. The lowest BCUT2D eigenvalue weighted by Gasteiger charge is -2.46. The van der Waals surface area contributed by atoms with Gasteiger partial charge in [0, 0.05) is 12.6 Å². The summed E-state index contributed by atoms with van der Waals surface area (Å²) >= 11 is 0. The zero-order valence-electron chi connectivity index (χ0n) is 19.6. The number of aromatic amines is 1. The molecule has 1 atom stereocenters. The molecule has 2 saturated heterocycles. The van der Waals surface area contributed by atoms with Gasteiger partial charge in [0.15, 0.2) is 17.3 Å². The van der Waals surface area contributed by atoms with Crippen molar-refractivity contribution in [2.45, 2.75) is 70.6 Å². The Balaban J connectivity index is 1.72. The maximum absolute atomic E-state index is 6.51. The summed E-state index contributed by atoms with van der Waals surface area (Å²) in [5.74, 6) is 2.44. The SMILES string of the molecule is C[C@@H]1COCCN1c1cc(C2CC(C)(C)OC(C)(C)C2)c2c(N)nn(-c3ccn[nH]3)c2n1. The van der Waals surface area contributed by atoms with Gasteiger partial charge in [0.05, 0.1) is 42.0 Å². The monoisotopic (exact) mass is 439 g/mol. The van der Waals surface area contributed by atoms with Crippen LogP contribution in [0.2, 0.25) is 0 Å². The summed E-state index contributed by atoms with van der Waals surface area (Å²) in [6, 6.07) is 4.34. The first-order valence-electron chi connectivity index (χ1n) is 11.4. The van der Waals surface area contributed by atoms with Gasteiger partial charge < -0.3 is 20.1 Å². The molecule has 0 amide bonds. The lowest BCUT2D eigenvalue weighted by Crippen LogP contribution is -2.45.